The number of esters is 1. The summed E-state index contributed by atoms with van der Waals surface area (Å²) in [6.45, 7) is 0. The van der Waals surface area contributed by atoms with E-state index < -0.39 is 28.6 Å². The van der Waals surface area contributed by atoms with Gasteiger partial charge in [-0.25, -0.2) is 4.79 Å². The number of nitrogens with two attached hydrogens (primary N) is 1. The molecule has 0 aliphatic heterocycles. The third-order valence-electron chi connectivity index (χ3n) is 4.16. The number of nitrogen functional groups attached to an aromatic ring is 1. The number of carbonyl (C=O) groups is 2. The number of anilines is 2. The molecular formula is C21H15Cl2N3O5. The number of carbonyl (C=O) groups excluding carboxylic acids is 2. The van der Waals surface area contributed by atoms with Crippen LogP contribution in [0.2, 0.25) is 10.0 Å². The minimum absolute atomic E-state index is 0.100. The molecule has 31 heavy (non-hydrogen) atoms. The van der Waals surface area contributed by atoms with Crippen LogP contribution < -0.4 is 11.1 Å². The Labute approximate surface area is 186 Å². The fourth-order valence-electron chi connectivity index (χ4n) is 2.74. The molecule has 10 heteroatoms. The maximum absolute atomic E-state index is 12.9. The Morgan fingerprint density at radius 2 is 1.65 bits per heavy atom. The maximum Gasteiger partial charge on any atom is 0.339 e. The van der Waals surface area contributed by atoms with Gasteiger partial charge in [-0.1, -0.05) is 53.5 Å². The molecular weight excluding hydrogens is 445 g/mol. The number of hydrogen-bond donors (Lipinski definition) is 2. The van der Waals surface area contributed by atoms with Gasteiger partial charge < -0.3 is 15.8 Å². The number of nitrogens with zero attached hydrogens (tertiary/aromatic N) is 1. The largest absolute Gasteiger partial charge is 0.444 e. The number of rotatable bonds is 6. The molecule has 0 saturated heterocycles. The van der Waals surface area contributed by atoms with E-state index in [4.69, 9.17) is 33.7 Å². The molecule has 0 aromatic heterocycles. The lowest BCUT2D eigenvalue weighted by molar-refractivity contribution is -0.383. The highest BCUT2D eigenvalue weighted by atomic mass is 35.5. The van der Waals surface area contributed by atoms with Gasteiger partial charge in [-0.2, -0.15) is 0 Å². The molecule has 0 fully saturated rings. The molecule has 3 rings (SSSR count). The summed E-state index contributed by atoms with van der Waals surface area (Å²) in [6.07, 6.45) is -1.34. The molecule has 1 atom stereocenters. The van der Waals surface area contributed by atoms with Crippen LogP contribution >= 0.6 is 23.2 Å². The highest BCUT2D eigenvalue weighted by Crippen LogP contribution is 2.27. The van der Waals surface area contributed by atoms with Gasteiger partial charge in [-0.05, 0) is 30.3 Å². The number of halogens is 2. The highest BCUT2D eigenvalue weighted by molar-refractivity contribution is 6.35. The fraction of sp³-hybridized carbons (Fsp3) is 0.0476. The third-order valence-corrected chi connectivity index (χ3v) is 4.59. The molecule has 0 radical (unpaired) electrons. The molecule has 3 N–H and O–H groups in total. The molecule has 0 heterocycles. The van der Waals surface area contributed by atoms with Gasteiger partial charge in [0.2, 0.25) is 6.10 Å². The van der Waals surface area contributed by atoms with Crippen LogP contribution in [0.15, 0.2) is 66.7 Å². The standard InChI is InChI=1S/C21H15Cl2N3O5/c22-14-9-15(23)11-16(10-14)25-20(27)19(12-4-2-1-3-5-12)31-21(28)13-6-7-17(24)18(8-13)26(29)30/h1-11,19H,24H2,(H,25,27). The van der Waals surface area contributed by atoms with Crippen LogP contribution in [-0.2, 0) is 9.53 Å². The summed E-state index contributed by atoms with van der Waals surface area (Å²) >= 11 is 11.9. The van der Waals surface area contributed by atoms with Crippen molar-refractivity contribution in [2.75, 3.05) is 11.1 Å². The number of nitro benzene ring substituents is 1. The van der Waals surface area contributed by atoms with Crippen LogP contribution in [-0.4, -0.2) is 16.8 Å². The van der Waals surface area contributed by atoms with E-state index in [0.717, 1.165) is 6.07 Å². The number of nitrogens with one attached hydrogen (secondary N) is 1. The van der Waals surface area contributed by atoms with Crippen molar-refractivity contribution in [3.8, 4) is 0 Å². The van der Waals surface area contributed by atoms with E-state index in [1.165, 1.54) is 30.3 Å². The van der Waals surface area contributed by atoms with Crippen molar-refractivity contribution < 1.29 is 19.2 Å². The van der Waals surface area contributed by atoms with Gasteiger partial charge in [0.05, 0.1) is 10.5 Å². The number of ether oxygens (including phenoxy) is 1. The minimum atomic E-state index is -1.34. The van der Waals surface area contributed by atoms with Crippen LogP contribution in [0, 0.1) is 10.1 Å². The molecule has 3 aromatic rings. The van der Waals surface area contributed by atoms with Crippen LogP contribution in [0.5, 0.6) is 0 Å². The lowest BCUT2D eigenvalue weighted by Crippen LogP contribution is -2.26. The van der Waals surface area contributed by atoms with E-state index >= 15 is 0 Å². The molecule has 8 nitrogen and oxygen atoms in total. The zero-order valence-electron chi connectivity index (χ0n) is 15.7. The Hall–Kier alpha value is -3.62. The van der Waals surface area contributed by atoms with Crippen molar-refractivity contribution in [3.05, 3.63) is 98.0 Å². The van der Waals surface area contributed by atoms with E-state index in [2.05, 4.69) is 5.32 Å². The average molecular weight is 460 g/mol. The summed E-state index contributed by atoms with van der Waals surface area (Å²) in [5.41, 5.74) is 5.60. The Morgan fingerprint density at radius 1 is 1.00 bits per heavy atom. The number of benzene rings is 3. The number of amides is 1. The van der Waals surface area contributed by atoms with E-state index in [9.17, 15) is 19.7 Å². The Bertz CT molecular complexity index is 1130. The molecule has 1 unspecified atom stereocenters. The second-order valence-corrected chi connectivity index (χ2v) is 7.25. The molecule has 0 bridgehead atoms. The molecule has 0 saturated carbocycles. The van der Waals surface area contributed by atoms with Crippen LogP contribution in [0.4, 0.5) is 17.1 Å². The smallest absolute Gasteiger partial charge is 0.339 e. The molecule has 158 valence electrons. The Morgan fingerprint density at radius 3 is 2.26 bits per heavy atom. The van der Waals surface area contributed by atoms with Crippen molar-refractivity contribution >= 4 is 52.1 Å². The van der Waals surface area contributed by atoms with Crippen LogP contribution in [0.1, 0.15) is 22.0 Å². The molecule has 1 amide bonds. The van der Waals surface area contributed by atoms with Crippen molar-refractivity contribution in [3.63, 3.8) is 0 Å². The lowest BCUT2D eigenvalue weighted by Gasteiger charge is -2.18. The van der Waals surface area contributed by atoms with Crippen molar-refractivity contribution in [2.24, 2.45) is 0 Å². The average Bonchev–Trinajstić information content (AvgIpc) is 2.71. The Balaban J connectivity index is 1.89. The summed E-state index contributed by atoms with van der Waals surface area (Å²) in [7, 11) is 0. The van der Waals surface area contributed by atoms with Crippen LogP contribution in [0.25, 0.3) is 0 Å². The predicted molar refractivity (Wildman–Crippen MR) is 117 cm³/mol. The van der Waals surface area contributed by atoms with Crippen molar-refractivity contribution in [2.45, 2.75) is 6.10 Å². The predicted octanol–water partition coefficient (Wildman–Crippen LogP) is 5.02. The van der Waals surface area contributed by atoms with Gasteiger partial charge in [-0.15, -0.1) is 0 Å². The highest BCUT2D eigenvalue weighted by Gasteiger charge is 2.27. The fourth-order valence-corrected chi connectivity index (χ4v) is 3.26. The number of hydrogen-bond acceptors (Lipinski definition) is 6. The van der Waals surface area contributed by atoms with Crippen molar-refractivity contribution in [1.82, 2.24) is 0 Å². The monoisotopic (exact) mass is 459 g/mol. The topological polar surface area (TPSA) is 125 Å². The lowest BCUT2D eigenvalue weighted by atomic mass is 10.1. The first-order chi connectivity index (χ1) is 14.7. The minimum Gasteiger partial charge on any atom is -0.444 e. The SMILES string of the molecule is Nc1ccc(C(=O)OC(C(=O)Nc2cc(Cl)cc(Cl)c2)c2ccccc2)cc1[N+](=O)[O-]. The van der Waals surface area contributed by atoms with Crippen molar-refractivity contribution in [1.29, 1.82) is 0 Å². The van der Waals surface area contributed by atoms with Gasteiger partial charge in [0.1, 0.15) is 5.69 Å². The summed E-state index contributed by atoms with van der Waals surface area (Å²) in [6, 6.07) is 16.3. The Kier molecular flexibility index (Phi) is 6.74. The van der Waals surface area contributed by atoms with Gasteiger partial charge in [-0.3, -0.25) is 14.9 Å². The van der Waals surface area contributed by atoms with E-state index in [1.807, 2.05) is 0 Å². The maximum atomic E-state index is 12.9. The number of nitro groups is 1. The normalized spacial score (nSPS) is 11.4. The summed E-state index contributed by atoms with van der Waals surface area (Å²) in [4.78, 5) is 36.0. The molecule has 0 spiro atoms. The molecule has 0 aliphatic carbocycles. The van der Waals surface area contributed by atoms with E-state index in [1.54, 1.807) is 30.3 Å². The van der Waals surface area contributed by atoms with Gasteiger partial charge in [0.25, 0.3) is 11.6 Å². The van der Waals surface area contributed by atoms with E-state index in [-0.39, 0.29) is 11.3 Å². The first-order valence-corrected chi connectivity index (χ1v) is 9.57. The van der Waals surface area contributed by atoms with Crippen LogP contribution in [0.3, 0.4) is 0 Å². The third kappa shape index (κ3) is 5.50. The second-order valence-electron chi connectivity index (χ2n) is 6.37. The first-order valence-electron chi connectivity index (χ1n) is 8.81. The summed E-state index contributed by atoms with van der Waals surface area (Å²) in [5, 5.41) is 14.3. The summed E-state index contributed by atoms with van der Waals surface area (Å²) < 4.78 is 5.41. The van der Waals surface area contributed by atoms with Gasteiger partial charge in [0.15, 0.2) is 0 Å². The zero-order valence-corrected chi connectivity index (χ0v) is 17.3. The van der Waals surface area contributed by atoms with Gasteiger partial charge in [0, 0.05) is 27.4 Å². The zero-order chi connectivity index (χ0) is 22.5. The summed E-state index contributed by atoms with van der Waals surface area (Å²) in [5.74, 6) is -1.60. The van der Waals surface area contributed by atoms with E-state index in [0.29, 0.717) is 21.3 Å². The van der Waals surface area contributed by atoms with Gasteiger partial charge >= 0.3 is 5.97 Å². The second kappa shape index (κ2) is 9.46. The first kappa shape index (κ1) is 22.1. The molecule has 3 aromatic carbocycles. The molecule has 0 aliphatic rings. The quantitative estimate of drug-likeness (QED) is 0.230.